The number of methoxy groups -OCH3 is 2. The topological polar surface area (TPSA) is 175 Å². The van der Waals surface area contributed by atoms with Gasteiger partial charge in [-0.2, -0.15) is 0 Å². The van der Waals surface area contributed by atoms with E-state index in [2.05, 4.69) is 69.1 Å². The molecule has 4 N–H and O–H groups in total. The summed E-state index contributed by atoms with van der Waals surface area (Å²) in [5, 5.41) is 9.73. The number of benzene rings is 4. The minimum atomic E-state index is -0.697. The van der Waals surface area contributed by atoms with E-state index >= 15 is 0 Å². The molecule has 4 heterocycles. The number of nitrogens with one attached hydrogen (secondary N) is 4. The summed E-state index contributed by atoms with van der Waals surface area (Å²) in [6.07, 6.45) is 3.30. The van der Waals surface area contributed by atoms with E-state index in [1.165, 1.54) is 14.2 Å². The zero-order valence-electron chi connectivity index (χ0n) is 34.9. The SMILES string of the molecule is COC(=O)N[C@H](C(=O)N1CCC[C@H]1c1nc2ccc3cc(-c4ccc5c(ccc6nc([C@@H]7[C@H]8CC[C@H](C8)N7C(=O)[C@@H](NC(=O)OC)C(C)C)[nH]c65)c4)ccc3c2[nH]1)C(C)C. The van der Waals surface area contributed by atoms with Crippen molar-refractivity contribution in [1.29, 1.82) is 0 Å². The lowest BCUT2D eigenvalue weighted by atomic mass is 9.95. The molecule has 1 aliphatic carbocycles. The predicted molar refractivity (Wildman–Crippen MR) is 229 cm³/mol. The minimum absolute atomic E-state index is 0.0924. The number of imidazole rings is 2. The molecule has 4 aromatic carbocycles. The molecule has 1 saturated carbocycles. The number of carbonyl (C=O) groups is 4. The third-order valence-corrected chi connectivity index (χ3v) is 13.1. The molecule has 3 fully saturated rings. The quantitative estimate of drug-likeness (QED) is 0.114. The van der Waals surface area contributed by atoms with E-state index in [1.807, 2.05) is 49.6 Å². The summed E-state index contributed by atoms with van der Waals surface area (Å²) >= 11 is 0. The number of piperidine rings is 1. The number of aromatic nitrogens is 4. The van der Waals surface area contributed by atoms with Crippen molar-refractivity contribution in [2.45, 2.75) is 90.0 Å². The van der Waals surface area contributed by atoms with Crippen molar-refractivity contribution in [3.05, 3.63) is 72.3 Å². The van der Waals surface area contributed by atoms with Crippen molar-refractivity contribution in [2.75, 3.05) is 20.8 Å². The van der Waals surface area contributed by atoms with Crippen LogP contribution in [0.1, 0.15) is 83.5 Å². The third-order valence-electron chi connectivity index (χ3n) is 13.1. The summed E-state index contributed by atoms with van der Waals surface area (Å²) in [5.74, 6) is 1.37. The molecular weight excluding hydrogens is 761 g/mol. The smallest absolute Gasteiger partial charge is 0.407 e. The van der Waals surface area contributed by atoms with Crippen molar-refractivity contribution < 1.29 is 28.7 Å². The molecule has 6 atom stereocenters. The van der Waals surface area contributed by atoms with Crippen LogP contribution in [0.5, 0.6) is 0 Å². The summed E-state index contributed by atoms with van der Waals surface area (Å²) in [4.78, 5) is 73.2. The highest BCUT2D eigenvalue weighted by molar-refractivity contribution is 6.07. The van der Waals surface area contributed by atoms with Crippen LogP contribution in [0.2, 0.25) is 0 Å². The number of hydrogen-bond acceptors (Lipinski definition) is 8. The Hall–Kier alpha value is -6.18. The molecule has 14 heteroatoms. The van der Waals surface area contributed by atoms with Gasteiger partial charge in [0.2, 0.25) is 11.8 Å². The minimum Gasteiger partial charge on any atom is -0.453 e. The van der Waals surface area contributed by atoms with Gasteiger partial charge >= 0.3 is 12.2 Å². The number of hydrogen-bond donors (Lipinski definition) is 4. The number of rotatable bonds is 9. The fourth-order valence-electron chi connectivity index (χ4n) is 10.0. The Balaban J connectivity index is 0.986. The Kier molecular flexibility index (Phi) is 10.1. The second-order valence-electron chi connectivity index (χ2n) is 17.4. The first-order chi connectivity index (χ1) is 28.9. The van der Waals surface area contributed by atoms with Gasteiger partial charge < -0.3 is 39.9 Å². The maximum atomic E-state index is 14.1. The normalized spacial score (nSPS) is 21.1. The number of likely N-dealkylation sites (tertiary alicyclic amines) is 2. The van der Waals surface area contributed by atoms with E-state index < -0.39 is 24.3 Å². The van der Waals surface area contributed by atoms with E-state index in [-0.39, 0.29) is 41.8 Å². The first-order valence-corrected chi connectivity index (χ1v) is 21.1. The van der Waals surface area contributed by atoms with Crippen LogP contribution in [0.25, 0.3) is 54.7 Å². The van der Waals surface area contributed by atoms with E-state index in [1.54, 1.807) is 0 Å². The van der Waals surface area contributed by atoms with Gasteiger partial charge in [-0.05, 0) is 96.0 Å². The van der Waals surface area contributed by atoms with Gasteiger partial charge in [-0.1, -0.05) is 64.1 Å². The number of amides is 4. The van der Waals surface area contributed by atoms with Gasteiger partial charge in [0.05, 0.1) is 48.4 Å². The number of carbonyl (C=O) groups excluding carboxylic acids is 4. The van der Waals surface area contributed by atoms with Crippen molar-refractivity contribution in [1.82, 2.24) is 40.4 Å². The summed E-state index contributed by atoms with van der Waals surface area (Å²) in [6, 6.07) is 19.5. The highest BCUT2D eigenvalue weighted by Gasteiger charge is 2.51. The Morgan fingerprint density at radius 3 is 1.82 bits per heavy atom. The second kappa shape index (κ2) is 15.4. The summed E-state index contributed by atoms with van der Waals surface area (Å²) in [6.45, 7) is 8.28. The lowest BCUT2D eigenvalue weighted by Crippen LogP contribution is -2.54. The van der Waals surface area contributed by atoms with Crippen LogP contribution in [-0.4, -0.2) is 92.6 Å². The molecule has 2 aromatic heterocycles. The number of nitrogens with zero attached hydrogens (tertiary/aromatic N) is 4. The van der Waals surface area contributed by atoms with Crippen LogP contribution >= 0.6 is 0 Å². The molecule has 2 saturated heterocycles. The molecule has 9 rings (SSSR count). The molecule has 2 aliphatic heterocycles. The van der Waals surface area contributed by atoms with Crippen LogP contribution in [0.3, 0.4) is 0 Å². The van der Waals surface area contributed by atoms with Gasteiger partial charge in [-0.25, -0.2) is 19.6 Å². The van der Waals surface area contributed by atoms with Gasteiger partial charge in [0.25, 0.3) is 0 Å². The molecule has 2 bridgehead atoms. The zero-order valence-corrected chi connectivity index (χ0v) is 34.9. The van der Waals surface area contributed by atoms with Crippen molar-refractivity contribution in [3.8, 4) is 11.1 Å². The zero-order chi connectivity index (χ0) is 42.0. The molecule has 0 radical (unpaired) electrons. The van der Waals surface area contributed by atoms with Crippen molar-refractivity contribution in [3.63, 3.8) is 0 Å². The monoisotopic (exact) mass is 812 g/mol. The highest BCUT2D eigenvalue weighted by atomic mass is 16.5. The molecule has 0 spiro atoms. The van der Waals surface area contributed by atoms with E-state index in [0.717, 1.165) is 98.5 Å². The number of ether oxygens (including phenoxy) is 2. The standard InChI is InChI=1S/C46H52N8O6/c1-23(2)36(51-45(57)59-5)43(55)53-19-7-8-35(53)41-47-33-17-12-27-20-25(10-15-31(27)38(33)49-41)26-11-16-32-28(21-26)13-18-34-39(32)50-42(48-34)40-29-9-14-30(22-29)54(40)44(56)37(24(3)4)52-46(58)60-6/h10-13,15-18,20-21,23-24,29-30,35-37,40H,7-9,14,19,22H2,1-6H3,(H,47,49)(H,48,50)(H,51,57)(H,52,58)/t29-,30+,35-,36-,37-,40-/m0/s1. The van der Waals surface area contributed by atoms with Gasteiger partial charge in [0, 0.05) is 23.4 Å². The molecule has 312 valence electrons. The number of H-pyrrole nitrogens is 2. The molecule has 4 amide bonds. The van der Waals surface area contributed by atoms with Gasteiger partial charge in [-0.3, -0.25) is 9.59 Å². The van der Waals surface area contributed by atoms with E-state index in [4.69, 9.17) is 19.4 Å². The fourth-order valence-corrected chi connectivity index (χ4v) is 10.0. The molecule has 14 nitrogen and oxygen atoms in total. The Morgan fingerprint density at radius 2 is 1.25 bits per heavy atom. The summed E-state index contributed by atoms with van der Waals surface area (Å²) in [7, 11) is 2.61. The summed E-state index contributed by atoms with van der Waals surface area (Å²) < 4.78 is 9.65. The largest absolute Gasteiger partial charge is 0.453 e. The molecule has 3 aliphatic rings. The van der Waals surface area contributed by atoms with Crippen LogP contribution in [-0.2, 0) is 19.1 Å². The highest BCUT2D eigenvalue weighted by Crippen LogP contribution is 2.50. The maximum absolute atomic E-state index is 14.1. The van der Waals surface area contributed by atoms with Crippen LogP contribution < -0.4 is 10.6 Å². The molecule has 6 aromatic rings. The fraction of sp³-hybridized carbons (Fsp3) is 0.435. The first-order valence-electron chi connectivity index (χ1n) is 21.1. The van der Waals surface area contributed by atoms with Crippen LogP contribution in [0.4, 0.5) is 9.59 Å². The average Bonchev–Trinajstić information content (AvgIpc) is 4.11. The van der Waals surface area contributed by atoms with Gasteiger partial charge in [0.1, 0.15) is 23.7 Å². The number of aromatic amines is 2. The Morgan fingerprint density at radius 1 is 0.700 bits per heavy atom. The van der Waals surface area contributed by atoms with Crippen molar-refractivity contribution >= 4 is 67.6 Å². The molecule has 0 unspecified atom stereocenters. The predicted octanol–water partition coefficient (Wildman–Crippen LogP) is 7.89. The lowest BCUT2D eigenvalue weighted by molar-refractivity contribution is -0.139. The Labute approximate surface area is 347 Å². The maximum Gasteiger partial charge on any atom is 0.407 e. The van der Waals surface area contributed by atoms with Crippen LogP contribution in [0, 0.1) is 17.8 Å². The first kappa shape index (κ1) is 39.3. The number of fused-ring (bicyclic) bond motifs is 8. The van der Waals surface area contributed by atoms with Gasteiger partial charge in [-0.15, -0.1) is 0 Å². The van der Waals surface area contributed by atoms with E-state index in [9.17, 15) is 19.2 Å². The van der Waals surface area contributed by atoms with Gasteiger partial charge in [0.15, 0.2) is 0 Å². The van der Waals surface area contributed by atoms with Crippen LogP contribution in [0.15, 0.2) is 60.7 Å². The third kappa shape index (κ3) is 6.75. The summed E-state index contributed by atoms with van der Waals surface area (Å²) in [5.41, 5.74) is 5.71. The van der Waals surface area contributed by atoms with E-state index in [0.29, 0.717) is 12.5 Å². The Bertz CT molecular complexity index is 2670. The van der Waals surface area contributed by atoms with Crippen molar-refractivity contribution in [2.24, 2.45) is 17.8 Å². The second-order valence-corrected chi connectivity index (χ2v) is 17.4. The lowest BCUT2D eigenvalue weighted by Gasteiger charge is -2.37. The number of alkyl carbamates (subject to hydrolysis) is 2. The molecular formula is C46H52N8O6. The molecule has 60 heavy (non-hydrogen) atoms. The average molecular weight is 813 g/mol.